The van der Waals surface area contributed by atoms with Crippen molar-refractivity contribution in [3.05, 3.63) is 34.9 Å². The minimum Gasteiger partial charge on any atom is -0.360 e. The van der Waals surface area contributed by atoms with Gasteiger partial charge in [0.25, 0.3) is 0 Å². The minimum absolute atomic E-state index is 0.0966. The lowest BCUT2D eigenvalue weighted by molar-refractivity contribution is -0.119. The molecule has 5 heteroatoms. The van der Waals surface area contributed by atoms with Gasteiger partial charge in [0.15, 0.2) is 5.11 Å². The summed E-state index contributed by atoms with van der Waals surface area (Å²) in [5.41, 5.74) is 0.972. The Morgan fingerprint density at radius 2 is 2.11 bits per heavy atom. The van der Waals surface area contributed by atoms with Gasteiger partial charge in [-0.15, -0.1) is 0 Å². The molecule has 0 bridgehead atoms. The maximum Gasteiger partial charge on any atom is 0.226 e. The van der Waals surface area contributed by atoms with E-state index in [1.165, 1.54) is 0 Å². The fourth-order valence-corrected chi connectivity index (χ4v) is 2.05. The number of thiocarbonyl (C=S) groups is 1. The van der Waals surface area contributed by atoms with Crippen LogP contribution in [0.15, 0.2) is 24.3 Å². The summed E-state index contributed by atoms with van der Waals surface area (Å²) in [7, 11) is 0. The van der Waals surface area contributed by atoms with Crippen molar-refractivity contribution >= 4 is 34.8 Å². The summed E-state index contributed by atoms with van der Waals surface area (Å²) < 4.78 is 0. The topological polar surface area (TPSA) is 41.1 Å². The Balaban J connectivity index is 2.36. The van der Waals surface area contributed by atoms with Gasteiger partial charge < -0.3 is 10.6 Å². The molecule has 0 fully saturated rings. The Bertz CT molecular complexity index is 451. The number of rotatable bonds is 5. The van der Waals surface area contributed by atoms with Crippen LogP contribution in [0.3, 0.4) is 0 Å². The molecule has 19 heavy (non-hydrogen) atoms. The minimum atomic E-state index is -0.0966. The quantitative estimate of drug-likeness (QED) is 0.821. The molecule has 0 aliphatic carbocycles. The first-order valence-corrected chi connectivity index (χ1v) is 7.15. The van der Waals surface area contributed by atoms with Crippen molar-refractivity contribution < 1.29 is 4.79 Å². The van der Waals surface area contributed by atoms with E-state index in [-0.39, 0.29) is 11.9 Å². The molecule has 104 valence electrons. The Morgan fingerprint density at radius 1 is 1.42 bits per heavy atom. The molecule has 1 aromatic rings. The molecule has 0 radical (unpaired) electrons. The number of hydrogen-bond donors (Lipinski definition) is 2. The van der Waals surface area contributed by atoms with Gasteiger partial charge in [0, 0.05) is 17.5 Å². The van der Waals surface area contributed by atoms with Crippen LogP contribution in [0.5, 0.6) is 0 Å². The lowest BCUT2D eigenvalue weighted by atomic mass is 10.1. The van der Waals surface area contributed by atoms with Crippen LogP contribution in [-0.4, -0.2) is 17.1 Å². The van der Waals surface area contributed by atoms with Crippen molar-refractivity contribution in [1.29, 1.82) is 0 Å². The van der Waals surface area contributed by atoms with E-state index in [0.29, 0.717) is 23.0 Å². The number of carbonyl (C=O) groups excluding carboxylic acids is 1. The van der Waals surface area contributed by atoms with E-state index in [2.05, 4.69) is 17.6 Å². The number of carbonyl (C=O) groups is 1. The fraction of sp³-hybridized carbons (Fsp3) is 0.429. The van der Waals surface area contributed by atoms with Crippen LogP contribution in [0.1, 0.15) is 32.3 Å². The molecular weight excluding hydrogens is 280 g/mol. The molecule has 1 amide bonds. The van der Waals surface area contributed by atoms with Crippen LogP contribution in [0.25, 0.3) is 0 Å². The molecule has 0 saturated heterocycles. The number of amides is 1. The molecule has 0 heterocycles. The van der Waals surface area contributed by atoms with Gasteiger partial charge >= 0.3 is 0 Å². The van der Waals surface area contributed by atoms with Crippen LogP contribution in [-0.2, 0) is 11.2 Å². The average molecular weight is 299 g/mol. The third-order valence-corrected chi connectivity index (χ3v) is 3.41. The van der Waals surface area contributed by atoms with Crippen molar-refractivity contribution in [3.8, 4) is 0 Å². The van der Waals surface area contributed by atoms with E-state index in [9.17, 15) is 4.79 Å². The lowest BCUT2D eigenvalue weighted by Gasteiger charge is -2.14. The zero-order valence-electron chi connectivity index (χ0n) is 11.2. The van der Waals surface area contributed by atoms with Crippen molar-refractivity contribution in [3.63, 3.8) is 0 Å². The zero-order valence-corrected chi connectivity index (χ0v) is 12.8. The van der Waals surface area contributed by atoms with Crippen LogP contribution < -0.4 is 10.6 Å². The molecule has 3 nitrogen and oxygen atoms in total. The van der Waals surface area contributed by atoms with Crippen molar-refractivity contribution in [2.75, 3.05) is 0 Å². The highest BCUT2D eigenvalue weighted by Gasteiger charge is 2.08. The Morgan fingerprint density at radius 3 is 2.74 bits per heavy atom. The third-order valence-electron chi connectivity index (χ3n) is 2.82. The summed E-state index contributed by atoms with van der Waals surface area (Å²) in [4.78, 5) is 11.7. The van der Waals surface area contributed by atoms with Gasteiger partial charge in [0.2, 0.25) is 5.91 Å². The van der Waals surface area contributed by atoms with Crippen LogP contribution >= 0.6 is 23.8 Å². The van der Waals surface area contributed by atoms with Crippen molar-refractivity contribution in [2.24, 2.45) is 0 Å². The van der Waals surface area contributed by atoms with E-state index >= 15 is 0 Å². The molecule has 1 aromatic carbocycles. The van der Waals surface area contributed by atoms with E-state index in [1.807, 2.05) is 31.2 Å². The molecule has 0 saturated carbocycles. The smallest absolute Gasteiger partial charge is 0.226 e. The van der Waals surface area contributed by atoms with E-state index in [4.69, 9.17) is 23.8 Å². The number of hydrogen-bond acceptors (Lipinski definition) is 2. The van der Waals surface area contributed by atoms with Gasteiger partial charge in [0.1, 0.15) is 0 Å². The first kappa shape index (κ1) is 15.9. The predicted molar refractivity (Wildman–Crippen MR) is 83.4 cm³/mol. The Labute approximate surface area is 124 Å². The SMILES string of the molecule is CCC(C)NC(=S)NC(=O)CCc1ccccc1Cl. The molecule has 2 N–H and O–H groups in total. The third kappa shape index (κ3) is 6.03. The molecule has 0 aliphatic rings. The number of benzene rings is 1. The molecular formula is C14H19ClN2OS. The first-order valence-electron chi connectivity index (χ1n) is 6.36. The number of nitrogens with one attached hydrogen (secondary N) is 2. The summed E-state index contributed by atoms with van der Waals surface area (Å²) in [6.45, 7) is 4.07. The standard InChI is InChI=1S/C14H19ClN2OS/c1-3-10(2)16-14(19)17-13(18)9-8-11-6-4-5-7-12(11)15/h4-7,10H,3,8-9H2,1-2H3,(H2,16,17,18,19). The molecule has 1 unspecified atom stereocenters. The van der Waals surface area contributed by atoms with E-state index < -0.39 is 0 Å². The number of aryl methyl sites for hydroxylation is 1. The van der Waals surface area contributed by atoms with Gasteiger partial charge in [-0.3, -0.25) is 4.79 Å². The highest BCUT2D eigenvalue weighted by molar-refractivity contribution is 7.80. The second kappa shape index (κ2) is 8.12. The van der Waals surface area contributed by atoms with E-state index in [1.54, 1.807) is 0 Å². The second-order valence-corrected chi connectivity index (χ2v) is 5.24. The van der Waals surface area contributed by atoms with E-state index in [0.717, 1.165) is 12.0 Å². The molecule has 1 atom stereocenters. The van der Waals surface area contributed by atoms with Crippen molar-refractivity contribution in [1.82, 2.24) is 10.6 Å². The number of halogens is 1. The average Bonchev–Trinajstić information content (AvgIpc) is 2.37. The van der Waals surface area contributed by atoms with Crippen LogP contribution in [0, 0.1) is 0 Å². The maximum atomic E-state index is 11.7. The summed E-state index contributed by atoms with van der Waals surface area (Å²) in [5.74, 6) is -0.0966. The first-order chi connectivity index (χ1) is 9.02. The fourth-order valence-electron chi connectivity index (χ4n) is 1.50. The van der Waals surface area contributed by atoms with Gasteiger partial charge in [-0.05, 0) is 43.6 Å². The van der Waals surface area contributed by atoms with Gasteiger partial charge in [0.05, 0.1) is 0 Å². The van der Waals surface area contributed by atoms with Gasteiger partial charge in [-0.25, -0.2) is 0 Å². The lowest BCUT2D eigenvalue weighted by Crippen LogP contribution is -2.43. The molecule has 0 aliphatic heterocycles. The summed E-state index contributed by atoms with van der Waals surface area (Å²) in [6, 6.07) is 7.79. The normalized spacial score (nSPS) is 11.7. The molecule has 0 aromatic heterocycles. The van der Waals surface area contributed by atoms with Gasteiger partial charge in [-0.1, -0.05) is 36.7 Å². The predicted octanol–water partition coefficient (Wildman–Crippen LogP) is 3.06. The summed E-state index contributed by atoms with van der Waals surface area (Å²) >= 11 is 11.1. The largest absolute Gasteiger partial charge is 0.360 e. The van der Waals surface area contributed by atoms with Crippen molar-refractivity contribution in [2.45, 2.75) is 39.2 Å². The monoisotopic (exact) mass is 298 g/mol. The van der Waals surface area contributed by atoms with Crippen LogP contribution in [0.4, 0.5) is 0 Å². The molecule has 1 rings (SSSR count). The highest BCUT2D eigenvalue weighted by Crippen LogP contribution is 2.16. The summed E-state index contributed by atoms with van der Waals surface area (Å²) in [6.07, 6.45) is 1.93. The zero-order chi connectivity index (χ0) is 14.3. The summed E-state index contributed by atoms with van der Waals surface area (Å²) in [5, 5.41) is 6.79. The van der Waals surface area contributed by atoms with Crippen LogP contribution in [0.2, 0.25) is 5.02 Å². The Kier molecular flexibility index (Phi) is 6.81. The van der Waals surface area contributed by atoms with Gasteiger partial charge in [-0.2, -0.15) is 0 Å². The second-order valence-electron chi connectivity index (χ2n) is 4.42. The highest BCUT2D eigenvalue weighted by atomic mass is 35.5. The molecule has 0 spiro atoms. The Hall–Kier alpha value is -1.13. The maximum absolute atomic E-state index is 11.7.